The molecule has 1 atom stereocenters. The Morgan fingerprint density at radius 2 is 1.59 bits per heavy atom. The predicted octanol–water partition coefficient (Wildman–Crippen LogP) is 4.70. The van der Waals surface area contributed by atoms with Crippen LogP contribution in [0.5, 0.6) is 0 Å². The van der Waals surface area contributed by atoms with Gasteiger partial charge in [0.05, 0.1) is 0 Å². The first-order valence-electron chi connectivity index (χ1n) is 6.79. The van der Waals surface area contributed by atoms with Gasteiger partial charge in [0.15, 0.2) is 0 Å². The molecule has 0 radical (unpaired) electrons. The fourth-order valence-electron chi connectivity index (χ4n) is 2.85. The van der Waals surface area contributed by atoms with Crippen LogP contribution in [-0.2, 0) is 0 Å². The molecule has 1 aromatic rings. The summed E-state index contributed by atoms with van der Waals surface area (Å²) in [4.78, 5) is 0. The highest BCUT2D eigenvalue weighted by Gasteiger charge is 2.21. The van der Waals surface area contributed by atoms with Crippen LogP contribution in [0.2, 0.25) is 5.02 Å². The van der Waals surface area contributed by atoms with Gasteiger partial charge < -0.3 is 5.73 Å². The summed E-state index contributed by atoms with van der Waals surface area (Å²) >= 11 is 6.23. The van der Waals surface area contributed by atoms with Crippen LogP contribution in [0.1, 0.15) is 56.6 Å². The maximum atomic E-state index is 6.41. The Bertz CT molecular complexity index is 343. The van der Waals surface area contributed by atoms with Crippen molar-refractivity contribution < 1.29 is 0 Å². The largest absolute Gasteiger partial charge is 0.324 e. The van der Waals surface area contributed by atoms with Crippen LogP contribution in [-0.4, -0.2) is 0 Å². The Kier molecular flexibility index (Phi) is 4.87. The first-order valence-corrected chi connectivity index (χ1v) is 7.17. The summed E-state index contributed by atoms with van der Waals surface area (Å²) in [6.07, 6.45) is 9.29. The van der Waals surface area contributed by atoms with Gasteiger partial charge in [0.1, 0.15) is 0 Å². The molecule has 1 aromatic carbocycles. The summed E-state index contributed by atoms with van der Waals surface area (Å²) in [7, 11) is 0. The van der Waals surface area contributed by atoms with Crippen LogP contribution in [0.3, 0.4) is 0 Å². The summed E-state index contributed by atoms with van der Waals surface area (Å²) in [6, 6.07) is 8.13. The summed E-state index contributed by atoms with van der Waals surface area (Å²) in [5.74, 6) is 0.607. The van der Waals surface area contributed by atoms with Gasteiger partial charge in [0.25, 0.3) is 0 Å². The third-order valence-corrected chi connectivity index (χ3v) is 4.27. The van der Waals surface area contributed by atoms with Crippen molar-refractivity contribution in [3.8, 4) is 0 Å². The van der Waals surface area contributed by atoms with Crippen LogP contribution in [0, 0.1) is 5.92 Å². The maximum absolute atomic E-state index is 6.41. The van der Waals surface area contributed by atoms with E-state index in [1.807, 2.05) is 18.2 Å². The zero-order valence-electron chi connectivity index (χ0n) is 10.4. The summed E-state index contributed by atoms with van der Waals surface area (Å²) < 4.78 is 0. The third-order valence-electron chi connectivity index (χ3n) is 3.92. The van der Waals surface area contributed by atoms with Crippen molar-refractivity contribution in [3.63, 3.8) is 0 Å². The lowest BCUT2D eigenvalue weighted by atomic mass is 9.83. The van der Waals surface area contributed by atoms with Gasteiger partial charge in [-0.25, -0.2) is 0 Å². The van der Waals surface area contributed by atoms with Gasteiger partial charge in [-0.05, 0) is 30.4 Å². The van der Waals surface area contributed by atoms with E-state index in [1.165, 1.54) is 44.9 Å². The van der Waals surface area contributed by atoms with Gasteiger partial charge in [0, 0.05) is 11.1 Å². The molecule has 1 aliphatic rings. The molecule has 94 valence electrons. The number of halogens is 1. The summed E-state index contributed by atoms with van der Waals surface area (Å²) in [6.45, 7) is 0. The van der Waals surface area contributed by atoms with Crippen molar-refractivity contribution in [2.45, 2.75) is 51.0 Å². The van der Waals surface area contributed by atoms with Gasteiger partial charge >= 0.3 is 0 Å². The molecule has 2 rings (SSSR count). The van der Waals surface area contributed by atoms with Crippen LogP contribution in [0.25, 0.3) is 0 Å². The molecule has 0 saturated heterocycles. The van der Waals surface area contributed by atoms with Crippen LogP contribution in [0.15, 0.2) is 24.3 Å². The SMILES string of the molecule is NC(c1ccccc1Cl)C1CCCCCCC1. The van der Waals surface area contributed by atoms with Gasteiger partial charge in [0.2, 0.25) is 0 Å². The van der Waals surface area contributed by atoms with Gasteiger partial charge in [-0.2, -0.15) is 0 Å². The minimum Gasteiger partial charge on any atom is -0.324 e. The number of benzene rings is 1. The predicted molar refractivity (Wildman–Crippen MR) is 74.2 cm³/mol. The Hall–Kier alpha value is -0.530. The normalized spacial score (nSPS) is 20.6. The highest BCUT2D eigenvalue weighted by atomic mass is 35.5. The minimum absolute atomic E-state index is 0.113. The average Bonchev–Trinajstić information content (AvgIpc) is 2.28. The fraction of sp³-hybridized carbons (Fsp3) is 0.600. The van der Waals surface area contributed by atoms with E-state index in [1.54, 1.807) is 0 Å². The lowest BCUT2D eigenvalue weighted by Gasteiger charge is -2.26. The van der Waals surface area contributed by atoms with Crippen molar-refractivity contribution in [3.05, 3.63) is 34.9 Å². The van der Waals surface area contributed by atoms with Crippen LogP contribution >= 0.6 is 11.6 Å². The van der Waals surface area contributed by atoms with E-state index < -0.39 is 0 Å². The first-order chi connectivity index (χ1) is 8.29. The van der Waals surface area contributed by atoms with E-state index in [4.69, 9.17) is 17.3 Å². The fourth-order valence-corrected chi connectivity index (χ4v) is 3.11. The van der Waals surface area contributed by atoms with E-state index in [2.05, 4.69) is 6.07 Å². The lowest BCUT2D eigenvalue weighted by molar-refractivity contribution is 0.327. The highest BCUT2D eigenvalue weighted by molar-refractivity contribution is 6.31. The Morgan fingerprint density at radius 1 is 1.00 bits per heavy atom. The van der Waals surface area contributed by atoms with Crippen molar-refractivity contribution in [1.82, 2.24) is 0 Å². The molecule has 1 aliphatic carbocycles. The molecule has 1 saturated carbocycles. The molecule has 0 heterocycles. The molecule has 17 heavy (non-hydrogen) atoms. The number of hydrogen-bond donors (Lipinski definition) is 1. The summed E-state index contributed by atoms with van der Waals surface area (Å²) in [5.41, 5.74) is 7.53. The van der Waals surface area contributed by atoms with Crippen LogP contribution < -0.4 is 5.73 Å². The van der Waals surface area contributed by atoms with E-state index in [0.717, 1.165) is 10.6 Å². The van der Waals surface area contributed by atoms with Gasteiger partial charge in [-0.15, -0.1) is 0 Å². The van der Waals surface area contributed by atoms with E-state index in [9.17, 15) is 0 Å². The molecule has 1 nitrogen and oxygen atoms in total. The molecule has 0 aromatic heterocycles. The van der Waals surface area contributed by atoms with Gasteiger partial charge in [-0.1, -0.05) is 61.9 Å². The zero-order chi connectivity index (χ0) is 12.1. The Morgan fingerprint density at radius 3 is 2.24 bits per heavy atom. The van der Waals surface area contributed by atoms with Crippen molar-refractivity contribution >= 4 is 11.6 Å². The molecule has 2 heteroatoms. The van der Waals surface area contributed by atoms with Crippen molar-refractivity contribution in [2.75, 3.05) is 0 Å². The molecule has 0 aliphatic heterocycles. The molecule has 0 spiro atoms. The van der Waals surface area contributed by atoms with Crippen LogP contribution in [0.4, 0.5) is 0 Å². The maximum Gasteiger partial charge on any atom is 0.0453 e. The summed E-state index contributed by atoms with van der Waals surface area (Å²) in [5, 5.41) is 0.821. The second kappa shape index (κ2) is 6.42. The van der Waals surface area contributed by atoms with E-state index >= 15 is 0 Å². The first kappa shape index (κ1) is 12.9. The van der Waals surface area contributed by atoms with E-state index in [0.29, 0.717) is 5.92 Å². The third kappa shape index (κ3) is 3.46. The van der Waals surface area contributed by atoms with Gasteiger partial charge in [-0.3, -0.25) is 0 Å². The lowest BCUT2D eigenvalue weighted by Crippen LogP contribution is -2.22. The molecular formula is C15H22ClN. The molecule has 1 unspecified atom stereocenters. The number of hydrogen-bond acceptors (Lipinski definition) is 1. The van der Waals surface area contributed by atoms with Crippen molar-refractivity contribution in [2.24, 2.45) is 11.7 Å². The zero-order valence-corrected chi connectivity index (χ0v) is 11.1. The monoisotopic (exact) mass is 251 g/mol. The smallest absolute Gasteiger partial charge is 0.0453 e. The Balaban J connectivity index is 2.07. The average molecular weight is 252 g/mol. The van der Waals surface area contributed by atoms with Crippen molar-refractivity contribution in [1.29, 1.82) is 0 Å². The number of rotatable bonds is 2. The standard InChI is InChI=1S/C15H22ClN/c16-14-11-7-6-10-13(14)15(17)12-8-4-2-1-3-5-9-12/h6-7,10-12,15H,1-5,8-9,17H2. The number of nitrogens with two attached hydrogens (primary N) is 1. The molecule has 2 N–H and O–H groups in total. The highest BCUT2D eigenvalue weighted by Crippen LogP contribution is 2.33. The minimum atomic E-state index is 0.113. The topological polar surface area (TPSA) is 26.0 Å². The molecule has 0 amide bonds. The molecule has 1 fully saturated rings. The second-order valence-electron chi connectivity index (χ2n) is 5.15. The molecular weight excluding hydrogens is 230 g/mol. The Labute approximate surface area is 109 Å². The van der Waals surface area contributed by atoms with E-state index in [-0.39, 0.29) is 6.04 Å². The second-order valence-corrected chi connectivity index (χ2v) is 5.56. The quantitative estimate of drug-likeness (QED) is 0.810. The molecule has 0 bridgehead atoms.